The summed E-state index contributed by atoms with van der Waals surface area (Å²) in [4.78, 5) is 148. The average Bonchev–Trinajstić information content (AvgIpc) is 1.57. The molecule has 12 heterocycles. The lowest BCUT2D eigenvalue weighted by Crippen LogP contribution is -2.38. The van der Waals surface area contributed by atoms with E-state index in [1.165, 1.54) is 25.7 Å². The van der Waals surface area contributed by atoms with Gasteiger partial charge in [0.25, 0.3) is 33.3 Å². The first-order valence-electron chi connectivity index (χ1n) is 47.6. The van der Waals surface area contributed by atoms with Crippen LogP contribution in [0, 0.1) is 35.7 Å². The van der Waals surface area contributed by atoms with Gasteiger partial charge >= 0.3 is 29.8 Å². The maximum Gasteiger partial charge on any atom is 0.345 e. The molecule has 1 spiro atoms. The largest absolute Gasteiger partial charge is 0.506 e. The smallest absolute Gasteiger partial charge is 0.345 e. The van der Waals surface area contributed by atoms with E-state index in [0.717, 1.165) is 174 Å². The van der Waals surface area contributed by atoms with Crippen molar-refractivity contribution in [3.05, 3.63) is 240 Å². The molecule has 0 amide bonds. The zero-order valence-electron chi connectivity index (χ0n) is 79.0. The molecule has 35 nitrogen and oxygen atoms in total. The van der Waals surface area contributed by atoms with Crippen molar-refractivity contribution in [2.24, 2.45) is 34.8 Å². The number of fused-ring (bicyclic) bond motifs is 3. The highest BCUT2D eigenvalue weighted by molar-refractivity contribution is 5.95. The molecule has 10 aromatic rings. The quantitative estimate of drug-likeness (QED) is 0.0297. The van der Waals surface area contributed by atoms with Crippen LogP contribution in [0.1, 0.15) is 172 Å². The second kappa shape index (κ2) is 41.1. The summed E-state index contributed by atoms with van der Waals surface area (Å²) in [6, 6.07) is 39.4. The Morgan fingerprint density at radius 2 is 0.712 bits per heavy atom. The predicted molar refractivity (Wildman–Crippen MR) is 531 cm³/mol. The first-order chi connectivity index (χ1) is 66.5. The molecule has 9 fully saturated rings. The van der Waals surface area contributed by atoms with E-state index in [2.05, 4.69) is 83.9 Å². The first-order valence-corrected chi connectivity index (χ1v) is 47.6. The molecule has 9 aliphatic rings. The van der Waals surface area contributed by atoms with Crippen molar-refractivity contribution in [3.63, 3.8) is 0 Å². The zero-order chi connectivity index (χ0) is 99.5. The molecule has 5 aromatic carbocycles. The van der Waals surface area contributed by atoms with Crippen molar-refractivity contribution in [2.45, 2.75) is 142 Å². The van der Waals surface area contributed by atoms with Crippen molar-refractivity contribution < 1.29 is 75.0 Å². The lowest BCUT2D eigenvalue weighted by Gasteiger charge is -2.34. The van der Waals surface area contributed by atoms with Crippen LogP contribution in [0.25, 0.3) is 61.1 Å². The molecule has 7 atom stereocenters. The Morgan fingerprint density at radius 1 is 0.388 bits per heavy atom. The molecule has 7 saturated heterocycles. The van der Waals surface area contributed by atoms with E-state index < -0.39 is 114 Å². The van der Waals surface area contributed by atoms with E-state index >= 15 is 0 Å². The number of hydrogen-bond donors (Lipinski definition) is 18. The van der Waals surface area contributed by atoms with Gasteiger partial charge in [0.1, 0.15) is 28.7 Å². The van der Waals surface area contributed by atoms with Crippen molar-refractivity contribution in [3.8, 4) is 85.0 Å². The molecular weight excluding hydrogens is 1780 g/mol. The predicted octanol–water partition coefficient (Wildman–Crippen LogP) is 11.6. The maximum atomic E-state index is 12.2. The van der Waals surface area contributed by atoms with Crippen LogP contribution >= 0.6 is 0 Å². The number of nitrogens with one attached hydrogen (secondary N) is 7. The summed E-state index contributed by atoms with van der Waals surface area (Å²) in [5.74, 6) is -7.10. The molecule has 35 heteroatoms. The molecule has 19 N–H and O–H groups in total. The first kappa shape index (κ1) is 99.0. The minimum absolute atomic E-state index is 0.0300. The summed E-state index contributed by atoms with van der Waals surface area (Å²) >= 11 is 0. The van der Waals surface area contributed by atoms with Crippen LogP contribution in [0.4, 0.5) is 28.4 Å². The van der Waals surface area contributed by atoms with Crippen LogP contribution < -0.4 is 68.7 Å². The number of benzene rings is 5. The second-order valence-electron chi connectivity index (χ2n) is 38.1. The zero-order valence-corrected chi connectivity index (χ0v) is 79.0. The Labute approximate surface area is 801 Å². The Bertz CT molecular complexity index is 6690. The molecule has 2 aliphatic carbocycles. The molecule has 2 saturated carbocycles. The summed E-state index contributed by atoms with van der Waals surface area (Å²) in [5.41, 5.74) is 12.9. The highest BCUT2D eigenvalue weighted by Gasteiger charge is 2.58. The summed E-state index contributed by atoms with van der Waals surface area (Å²) in [5, 5.41) is 104. The molecule has 139 heavy (non-hydrogen) atoms. The topological polar surface area (TPSA) is 526 Å². The van der Waals surface area contributed by atoms with Crippen LogP contribution in [-0.2, 0) is 32.1 Å². The van der Waals surface area contributed by atoms with Gasteiger partial charge in [-0.1, -0.05) is 102 Å². The Morgan fingerprint density at radius 3 is 1.01 bits per heavy atom. The fourth-order valence-corrected chi connectivity index (χ4v) is 21.8. The molecular formula is C104H121N15O20. The second-order valence-corrected chi connectivity index (χ2v) is 38.1. The highest BCUT2D eigenvalue weighted by Crippen LogP contribution is 2.50. The average molecular weight is 1900 g/mol. The molecule has 19 rings (SSSR count). The van der Waals surface area contributed by atoms with E-state index in [0.29, 0.717) is 129 Å². The van der Waals surface area contributed by atoms with Crippen LogP contribution in [0.15, 0.2) is 145 Å². The third kappa shape index (κ3) is 20.1. The van der Waals surface area contributed by atoms with Gasteiger partial charge < -0.3 is 127 Å². The third-order valence-electron chi connectivity index (χ3n) is 29.8. The normalized spacial score (nSPS) is 20.7. The number of aromatic amines is 5. The number of aromatic hydroxyl groups is 5. The monoisotopic (exact) mass is 1900 g/mol. The van der Waals surface area contributed by atoms with Crippen molar-refractivity contribution >= 4 is 58.3 Å². The number of carbonyl (C=O) groups is 5. The lowest BCUT2D eigenvalue weighted by atomic mass is 9.76. The summed E-state index contributed by atoms with van der Waals surface area (Å²) in [7, 11) is 4.18. The number of nitrogens with zero attached hydrogens (tertiary/aromatic N) is 7. The van der Waals surface area contributed by atoms with Gasteiger partial charge in [-0.25, -0.2) is 30.5 Å². The van der Waals surface area contributed by atoms with Crippen molar-refractivity contribution in [1.82, 2.24) is 40.5 Å². The number of H-pyrrole nitrogens is 5. The summed E-state index contributed by atoms with van der Waals surface area (Å²) < 4.78 is 0. The van der Waals surface area contributed by atoms with Gasteiger partial charge in [0.15, 0.2) is 27.8 Å². The summed E-state index contributed by atoms with van der Waals surface area (Å²) in [6.45, 7) is 30.7. The standard InChI is InChI=1S/C23H25N3O4.C22H27N3O4.C20H23N3O4.C20H25N3O4.C19H21N3O4/c1-3-17-19(25-21(28)18(20(17)27)22(29)30)14-7-9-16(10-8-14)26-12-15-6-4-5-11-23(15,13-26)24-2;1-2-16-18(24-20(27)17(19(16)26)21(28)29)14-3-5-15(6-4-14)25-12-9-22(13-25)7-10-23-11-8-22;1-2-15-17(22-19(25)16(18(15)24)20(26)27)11-3-5-14(6-4-11)23-9-12-7-21-8-13(12)10-23;1-4-15-17(21-19(25)16(18(15)24)20(26)27)12-5-7-13(8-6-12)23-10-9-14(11-23)22(2)3;1-2-13-15(21-17(24)14(16(13)23)18(25)26)10-3-5-12(6-4-10)22-8-11-7-19(11,20)9-22/h7-10,15H,3-6,11-13H2,1H3,(H,29,30)(H2,25,27,28);3-6,23H,2,7-13H2,1H3,(H,28,29)(H2,24,26,27);3-6,12-13,21H,2,7-10H2,1H3,(H,26,27)(H2,22,24,25);5-8,14H,4,9-11H2,1-3H3,(H,26,27)(H2,21,24,25);3-6,11H,2,7-9,20H2,1H3,(H,25,26)(H2,21,23,24)/t15-,23-;;12-,13+;;/m0..../s1. The number of nitrogens with two attached hydrogens (primary N) is 1. The van der Waals surface area contributed by atoms with E-state index in [-0.39, 0.29) is 11.1 Å². The molecule has 732 valence electrons. The van der Waals surface area contributed by atoms with Crippen LogP contribution in [0.3, 0.4) is 0 Å². The van der Waals surface area contributed by atoms with Crippen molar-refractivity contribution in [1.29, 1.82) is 0 Å². The number of likely N-dealkylation sites (N-methyl/N-ethyl adjacent to an activating group) is 1. The van der Waals surface area contributed by atoms with Gasteiger partial charge in [-0.15, -0.1) is 0 Å². The molecule has 0 bridgehead atoms. The lowest BCUT2D eigenvalue weighted by molar-refractivity contribution is 0.0680. The van der Waals surface area contributed by atoms with Gasteiger partial charge in [0, 0.05) is 146 Å². The highest BCUT2D eigenvalue weighted by atomic mass is 16.4. The molecule has 7 aliphatic heterocycles. The van der Waals surface area contributed by atoms with E-state index in [9.17, 15) is 83.7 Å². The maximum absolute atomic E-state index is 12.2. The number of rotatable bonds is 21. The number of aromatic nitrogens is 5. The van der Waals surface area contributed by atoms with E-state index in [1.54, 1.807) is 13.8 Å². The van der Waals surface area contributed by atoms with E-state index in [4.69, 9.17) is 27.6 Å². The Hall–Kier alpha value is -14.5. The fraction of sp³-hybridized carbons (Fsp3) is 0.413. The molecule has 0 radical (unpaired) electrons. The third-order valence-corrected chi connectivity index (χ3v) is 29.8. The number of carboxylic acids is 5. The molecule has 3 unspecified atom stereocenters. The van der Waals surface area contributed by atoms with Gasteiger partial charge in [-0.2, -0.15) is 0 Å². The molecule has 5 aromatic heterocycles. The van der Waals surface area contributed by atoms with Gasteiger partial charge in [0.2, 0.25) is 0 Å². The minimum Gasteiger partial charge on any atom is -0.506 e. The van der Waals surface area contributed by atoms with Gasteiger partial charge in [-0.05, 0) is 216 Å². The minimum atomic E-state index is -1.45. The van der Waals surface area contributed by atoms with Crippen LogP contribution in [-0.4, -0.2) is 234 Å². The number of carboxylic acid groups (broad SMARTS) is 5. The SMILES string of the molecule is CCc1c(-c2ccc(N3CC4CC4(N)C3)cc2)[nH]c(=O)c(C(=O)O)c1O.CCc1c(-c2ccc(N3CCC(N(C)C)C3)cc2)[nH]c(=O)c(C(=O)O)c1O.CCc1c(-c2ccc(N3CCC4(CCNCC4)C3)cc2)[nH]c(=O)c(C(=O)O)c1O.CCc1c(-c2ccc(N3C[C@H]4CNC[C@H]4C3)cc2)[nH]c(=O)c(C(=O)O)c1O.[C-]#[N+][C@]12CCCC[C@H]1CN(c1ccc(-c3[nH]c(=O)c(C(=O)O)c(O)c3CC)cc1)C2. The Balaban J connectivity index is 0.000000132. The number of piperidine rings is 2. The van der Waals surface area contributed by atoms with Gasteiger partial charge in [0.05, 0.1) is 40.9 Å². The number of hydrogen-bond acceptors (Lipinski definition) is 24. The fourth-order valence-electron chi connectivity index (χ4n) is 21.8. The number of pyridine rings is 5. The van der Waals surface area contributed by atoms with E-state index in [1.807, 2.05) is 142 Å². The Kier molecular flexibility index (Phi) is 29.3. The van der Waals surface area contributed by atoms with Crippen LogP contribution in [0.5, 0.6) is 28.7 Å². The summed E-state index contributed by atoms with van der Waals surface area (Å²) in [6.07, 6.45) is 12.2. The van der Waals surface area contributed by atoms with Crippen LogP contribution in [0.2, 0.25) is 0 Å². The van der Waals surface area contributed by atoms with Crippen molar-refractivity contribution in [2.75, 3.05) is 130 Å². The number of anilines is 5. The van der Waals surface area contributed by atoms with Gasteiger partial charge in [-0.3, -0.25) is 24.0 Å². The number of aromatic carboxylic acids is 5.